The molecule has 0 saturated heterocycles. The third-order valence-electron chi connectivity index (χ3n) is 4.31. The zero-order valence-electron chi connectivity index (χ0n) is 14.2. The molecule has 1 fully saturated rings. The van der Waals surface area contributed by atoms with Crippen LogP contribution in [0.3, 0.4) is 0 Å². The number of carbonyl (C=O) groups is 1. The van der Waals surface area contributed by atoms with Crippen molar-refractivity contribution in [1.82, 2.24) is 14.8 Å². The molecule has 6 heteroatoms. The van der Waals surface area contributed by atoms with Gasteiger partial charge in [-0.25, -0.2) is 0 Å². The first-order valence-electron chi connectivity index (χ1n) is 8.40. The summed E-state index contributed by atoms with van der Waals surface area (Å²) in [4.78, 5) is 13.8. The predicted molar refractivity (Wildman–Crippen MR) is 102 cm³/mol. The molecule has 2 heterocycles. The molecule has 0 N–H and O–H groups in total. The first-order valence-corrected chi connectivity index (χ1v) is 10.2. The van der Waals surface area contributed by atoms with Gasteiger partial charge in [0.25, 0.3) is 0 Å². The molecule has 1 aromatic carbocycles. The average Bonchev–Trinajstić information content (AvgIpc) is 3.14. The summed E-state index contributed by atoms with van der Waals surface area (Å²) in [5, 5.41) is 11.5. The first-order chi connectivity index (χ1) is 12.1. The minimum atomic E-state index is -0.194. The zero-order chi connectivity index (χ0) is 17.4. The highest BCUT2D eigenvalue weighted by Crippen LogP contribution is 2.42. The van der Waals surface area contributed by atoms with Crippen LogP contribution >= 0.6 is 23.1 Å². The molecule has 1 saturated carbocycles. The van der Waals surface area contributed by atoms with Crippen LogP contribution in [0.25, 0.3) is 10.7 Å². The van der Waals surface area contributed by atoms with Gasteiger partial charge in [-0.1, -0.05) is 47.7 Å². The first kappa shape index (κ1) is 16.5. The van der Waals surface area contributed by atoms with E-state index < -0.39 is 0 Å². The number of nitrogens with zero attached hydrogens (tertiary/aromatic N) is 3. The SMILES string of the molecule is Cc1ccc(C(=O)[C@@H](C)Sc2nnc(-c3cccs3)n2C2CC2)cc1. The Morgan fingerprint density at radius 1 is 1.24 bits per heavy atom. The van der Waals surface area contributed by atoms with Crippen LogP contribution in [-0.4, -0.2) is 25.8 Å². The van der Waals surface area contributed by atoms with Gasteiger partial charge < -0.3 is 0 Å². The van der Waals surface area contributed by atoms with Crippen LogP contribution in [0.2, 0.25) is 0 Å². The summed E-state index contributed by atoms with van der Waals surface area (Å²) < 4.78 is 2.22. The molecule has 25 heavy (non-hydrogen) atoms. The Kier molecular flexibility index (Phi) is 4.48. The van der Waals surface area contributed by atoms with E-state index in [0.29, 0.717) is 6.04 Å². The summed E-state index contributed by atoms with van der Waals surface area (Å²) >= 11 is 3.18. The summed E-state index contributed by atoms with van der Waals surface area (Å²) in [6.07, 6.45) is 2.31. The molecule has 0 unspecified atom stereocenters. The number of carbonyl (C=O) groups excluding carboxylic acids is 1. The van der Waals surface area contributed by atoms with Crippen molar-refractivity contribution in [2.45, 2.75) is 43.1 Å². The Labute approximate surface area is 155 Å². The summed E-state index contributed by atoms with van der Waals surface area (Å²) in [6, 6.07) is 12.3. The number of thiophene rings is 1. The lowest BCUT2D eigenvalue weighted by atomic mass is 10.1. The molecule has 0 bridgehead atoms. The number of ketones is 1. The van der Waals surface area contributed by atoms with Crippen LogP contribution in [-0.2, 0) is 0 Å². The van der Waals surface area contributed by atoms with Gasteiger partial charge in [0.05, 0.1) is 10.1 Å². The van der Waals surface area contributed by atoms with Crippen LogP contribution in [0, 0.1) is 6.92 Å². The standard InChI is InChI=1S/C19H19N3OS2/c1-12-5-7-14(8-6-12)17(23)13(2)25-19-21-20-18(16-4-3-11-24-16)22(19)15-9-10-15/h3-8,11,13,15H,9-10H2,1-2H3/t13-/m1/s1. The molecule has 128 valence electrons. The van der Waals surface area contributed by atoms with Gasteiger partial charge in [0.2, 0.25) is 0 Å². The lowest BCUT2D eigenvalue weighted by Gasteiger charge is -2.12. The number of hydrogen-bond donors (Lipinski definition) is 0. The molecule has 4 rings (SSSR count). The molecule has 0 amide bonds. The number of aryl methyl sites for hydroxylation is 1. The lowest BCUT2D eigenvalue weighted by Crippen LogP contribution is -2.14. The molecular weight excluding hydrogens is 350 g/mol. The van der Waals surface area contributed by atoms with E-state index in [1.165, 1.54) is 11.8 Å². The van der Waals surface area contributed by atoms with Gasteiger partial charge in [0, 0.05) is 11.6 Å². The van der Waals surface area contributed by atoms with E-state index in [1.54, 1.807) is 11.3 Å². The third-order valence-corrected chi connectivity index (χ3v) is 6.23. The van der Waals surface area contributed by atoms with E-state index in [9.17, 15) is 4.79 Å². The van der Waals surface area contributed by atoms with Crippen LogP contribution in [0.1, 0.15) is 41.7 Å². The molecule has 0 aliphatic heterocycles. The van der Waals surface area contributed by atoms with Crippen LogP contribution in [0.15, 0.2) is 46.9 Å². The zero-order valence-corrected chi connectivity index (χ0v) is 15.8. The Bertz CT molecular complexity index is 880. The van der Waals surface area contributed by atoms with E-state index in [0.717, 1.165) is 39.8 Å². The number of benzene rings is 1. The number of hydrogen-bond acceptors (Lipinski definition) is 5. The van der Waals surface area contributed by atoms with E-state index in [2.05, 4.69) is 26.2 Å². The molecule has 0 radical (unpaired) electrons. The predicted octanol–water partition coefficient (Wildman–Crippen LogP) is 5.01. The fraction of sp³-hybridized carbons (Fsp3) is 0.316. The second-order valence-corrected chi connectivity index (χ2v) is 8.63. The molecule has 1 aliphatic carbocycles. The topological polar surface area (TPSA) is 47.8 Å². The fourth-order valence-corrected chi connectivity index (χ4v) is 4.46. The van der Waals surface area contributed by atoms with E-state index in [1.807, 2.05) is 44.2 Å². The van der Waals surface area contributed by atoms with Crippen LogP contribution in [0.5, 0.6) is 0 Å². The number of aromatic nitrogens is 3. The lowest BCUT2D eigenvalue weighted by molar-refractivity contribution is 0.0994. The number of Topliss-reactive ketones (excluding diaryl/α,β-unsaturated/α-hetero) is 1. The van der Waals surface area contributed by atoms with E-state index in [4.69, 9.17) is 0 Å². The quantitative estimate of drug-likeness (QED) is 0.452. The van der Waals surface area contributed by atoms with E-state index >= 15 is 0 Å². The van der Waals surface area contributed by atoms with Gasteiger partial charge in [-0.15, -0.1) is 21.5 Å². The minimum Gasteiger partial charge on any atom is -0.298 e. The molecule has 3 aromatic rings. The van der Waals surface area contributed by atoms with Gasteiger partial charge in [-0.05, 0) is 38.1 Å². The van der Waals surface area contributed by atoms with Gasteiger partial charge in [0.1, 0.15) is 0 Å². The fourth-order valence-electron chi connectivity index (χ4n) is 2.76. The maximum absolute atomic E-state index is 12.7. The van der Waals surface area contributed by atoms with Crippen molar-refractivity contribution in [1.29, 1.82) is 0 Å². The Morgan fingerprint density at radius 2 is 2.00 bits per heavy atom. The normalized spacial score (nSPS) is 15.3. The van der Waals surface area contributed by atoms with Crippen molar-refractivity contribution in [3.8, 4) is 10.7 Å². The third kappa shape index (κ3) is 3.41. The van der Waals surface area contributed by atoms with Crippen LogP contribution < -0.4 is 0 Å². The molecule has 0 spiro atoms. The Hall–Kier alpha value is -1.92. The van der Waals surface area contributed by atoms with Gasteiger partial charge in [-0.2, -0.15) is 0 Å². The van der Waals surface area contributed by atoms with Gasteiger partial charge >= 0.3 is 0 Å². The van der Waals surface area contributed by atoms with Crippen molar-refractivity contribution in [2.75, 3.05) is 0 Å². The minimum absolute atomic E-state index is 0.132. The maximum atomic E-state index is 12.7. The number of thioether (sulfide) groups is 1. The van der Waals surface area contributed by atoms with Gasteiger partial charge in [0.15, 0.2) is 16.8 Å². The van der Waals surface area contributed by atoms with Crippen molar-refractivity contribution >= 4 is 28.9 Å². The maximum Gasteiger partial charge on any atom is 0.192 e. The van der Waals surface area contributed by atoms with Crippen LogP contribution in [0.4, 0.5) is 0 Å². The monoisotopic (exact) mass is 369 g/mol. The second kappa shape index (κ2) is 6.77. The van der Waals surface area contributed by atoms with E-state index in [-0.39, 0.29) is 11.0 Å². The second-order valence-electron chi connectivity index (χ2n) is 6.38. The van der Waals surface area contributed by atoms with Crippen molar-refractivity contribution < 1.29 is 4.79 Å². The molecule has 1 aliphatic rings. The molecule has 4 nitrogen and oxygen atoms in total. The summed E-state index contributed by atoms with van der Waals surface area (Å²) in [5.41, 5.74) is 1.91. The largest absolute Gasteiger partial charge is 0.298 e. The summed E-state index contributed by atoms with van der Waals surface area (Å²) in [6.45, 7) is 3.97. The summed E-state index contributed by atoms with van der Waals surface area (Å²) in [7, 11) is 0. The summed E-state index contributed by atoms with van der Waals surface area (Å²) in [5.74, 6) is 1.06. The molecular formula is C19H19N3OS2. The van der Waals surface area contributed by atoms with Crippen molar-refractivity contribution in [3.05, 3.63) is 52.9 Å². The molecule has 1 atom stereocenters. The Morgan fingerprint density at radius 3 is 2.64 bits per heavy atom. The number of rotatable bonds is 6. The highest BCUT2D eigenvalue weighted by Gasteiger charge is 2.31. The Balaban J connectivity index is 1.58. The molecule has 2 aromatic heterocycles. The average molecular weight is 370 g/mol. The van der Waals surface area contributed by atoms with Crippen molar-refractivity contribution in [2.24, 2.45) is 0 Å². The van der Waals surface area contributed by atoms with Gasteiger partial charge in [-0.3, -0.25) is 9.36 Å². The smallest absolute Gasteiger partial charge is 0.192 e. The highest BCUT2D eigenvalue weighted by molar-refractivity contribution is 8.00. The highest BCUT2D eigenvalue weighted by atomic mass is 32.2. The van der Waals surface area contributed by atoms with Crippen molar-refractivity contribution in [3.63, 3.8) is 0 Å².